The summed E-state index contributed by atoms with van der Waals surface area (Å²) in [6, 6.07) is 0.405. The maximum Gasteiger partial charge on any atom is 0.221 e. The van der Waals surface area contributed by atoms with E-state index in [1.165, 1.54) is 0 Å². The summed E-state index contributed by atoms with van der Waals surface area (Å²) in [6.45, 7) is 8.90. The quantitative estimate of drug-likeness (QED) is 0.584. The summed E-state index contributed by atoms with van der Waals surface area (Å²) >= 11 is 0. The average molecular weight is 230 g/mol. The Hall–Kier alpha value is -0.610. The molecular formula is C12H26N2O2. The Balaban J connectivity index is 3.92. The topological polar surface area (TPSA) is 61.4 Å². The van der Waals surface area contributed by atoms with Crippen molar-refractivity contribution >= 4 is 5.91 Å². The summed E-state index contributed by atoms with van der Waals surface area (Å²) in [5, 5.41) is 15.1. The maximum absolute atomic E-state index is 11.6. The number of aliphatic hydroxyl groups is 1. The van der Waals surface area contributed by atoms with Crippen LogP contribution in [0, 0.1) is 0 Å². The lowest BCUT2D eigenvalue weighted by molar-refractivity contribution is -0.123. The molecule has 1 amide bonds. The molecule has 0 fully saturated rings. The standard InChI is InChI=1S/C12H26N2O2/c1-5-12(4,7-9-15)14-11(16)6-8-13-10(2)3/h10,13,15H,5-9H2,1-4H3,(H,14,16). The van der Waals surface area contributed by atoms with Gasteiger partial charge in [-0.05, 0) is 19.8 Å². The number of nitrogens with one attached hydrogen (secondary N) is 2. The van der Waals surface area contributed by atoms with Gasteiger partial charge >= 0.3 is 0 Å². The molecule has 0 saturated carbocycles. The van der Waals surface area contributed by atoms with Gasteiger partial charge in [-0.15, -0.1) is 0 Å². The molecule has 1 atom stereocenters. The summed E-state index contributed by atoms with van der Waals surface area (Å²) < 4.78 is 0. The molecule has 0 aliphatic rings. The molecule has 0 spiro atoms. The van der Waals surface area contributed by atoms with Crippen molar-refractivity contribution in [3.8, 4) is 0 Å². The molecule has 0 aromatic carbocycles. The van der Waals surface area contributed by atoms with Gasteiger partial charge in [0.25, 0.3) is 0 Å². The van der Waals surface area contributed by atoms with Gasteiger partial charge in [0.2, 0.25) is 5.91 Å². The van der Waals surface area contributed by atoms with Crippen LogP contribution in [0.4, 0.5) is 0 Å². The number of rotatable bonds is 8. The Bertz CT molecular complexity index is 207. The third-order valence-electron chi connectivity index (χ3n) is 2.79. The number of carbonyl (C=O) groups excluding carboxylic acids is 1. The van der Waals surface area contributed by atoms with Gasteiger partial charge in [0.05, 0.1) is 0 Å². The minimum absolute atomic E-state index is 0.0472. The number of carbonyl (C=O) groups is 1. The first-order chi connectivity index (χ1) is 7.43. The molecule has 3 N–H and O–H groups in total. The zero-order valence-electron chi connectivity index (χ0n) is 11.0. The molecule has 0 aromatic heterocycles. The normalized spacial score (nSPS) is 14.9. The Labute approximate surface area is 98.8 Å². The number of amides is 1. The van der Waals surface area contributed by atoms with Crippen molar-refractivity contribution in [2.75, 3.05) is 13.2 Å². The van der Waals surface area contributed by atoms with Gasteiger partial charge < -0.3 is 15.7 Å². The van der Waals surface area contributed by atoms with E-state index in [-0.39, 0.29) is 18.1 Å². The van der Waals surface area contributed by atoms with E-state index in [2.05, 4.69) is 24.5 Å². The van der Waals surface area contributed by atoms with Crippen molar-refractivity contribution in [3.05, 3.63) is 0 Å². The van der Waals surface area contributed by atoms with Gasteiger partial charge in [-0.3, -0.25) is 4.79 Å². The van der Waals surface area contributed by atoms with E-state index in [1.807, 2.05) is 13.8 Å². The van der Waals surface area contributed by atoms with E-state index < -0.39 is 0 Å². The number of hydrogen-bond donors (Lipinski definition) is 3. The fourth-order valence-electron chi connectivity index (χ4n) is 1.45. The van der Waals surface area contributed by atoms with Crippen molar-refractivity contribution in [1.82, 2.24) is 10.6 Å². The van der Waals surface area contributed by atoms with Crippen LogP contribution in [0.5, 0.6) is 0 Å². The highest BCUT2D eigenvalue weighted by molar-refractivity contribution is 5.76. The van der Waals surface area contributed by atoms with Crippen LogP contribution in [0.3, 0.4) is 0 Å². The maximum atomic E-state index is 11.6. The van der Waals surface area contributed by atoms with Crippen LogP contribution >= 0.6 is 0 Å². The highest BCUT2D eigenvalue weighted by atomic mass is 16.3. The van der Waals surface area contributed by atoms with Crippen LogP contribution in [0.15, 0.2) is 0 Å². The van der Waals surface area contributed by atoms with E-state index in [0.717, 1.165) is 6.42 Å². The van der Waals surface area contributed by atoms with E-state index in [1.54, 1.807) is 0 Å². The van der Waals surface area contributed by atoms with Gasteiger partial charge in [-0.2, -0.15) is 0 Å². The molecule has 0 rings (SSSR count). The van der Waals surface area contributed by atoms with Gasteiger partial charge in [0.1, 0.15) is 0 Å². The second kappa shape index (κ2) is 7.63. The van der Waals surface area contributed by atoms with Crippen molar-refractivity contribution in [2.24, 2.45) is 0 Å². The van der Waals surface area contributed by atoms with Crippen LogP contribution in [0.2, 0.25) is 0 Å². The number of aliphatic hydroxyl groups excluding tert-OH is 1. The van der Waals surface area contributed by atoms with Crippen molar-refractivity contribution < 1.29 is 9.90 Å². The van der Waals surface area contributed by atoms with Crippen molar-refractivity contribution in [2.45, 2.75) is 58.5 Å². The monoisotopic (exact) mass is 230 g/mol. The molecule has 4 nitrogen and oxygen atoms in total. The predicted molar refractivity (Wildman–Crippen MR) is 66.3 cm³/mol. The van der Waals surface area contributed by atoms with Crippen LogP contribution in [0.25, 0.3) is 0 Å². The summed E-state index contributed by atoms with van der Waals surface area (Å²) in [7, 11) is 0. The van der Waals surface area contributed by atoms with Crippen LogP contribution in [0.1, 0.15) is 47.0 Å². The van der Waals surface area contributed by atoms with Gasteiger partial charge in [0, 0.05) is 31.2 Å². The van der Waals surface area contributed by atoms with Gasteiger partial charge in [-0.1, -0.05) is 20.8 Å². The predicted octanol–water partition coefficient (Wildman–Crippen LogP) is 1.04. The lowest BCUT2D eigenvalue weighted by atomic mass is 9.95. The van der Waals surface area contributed by atoms with E-state index in [4.69, 9.17) is 5.11 Å². The van der Waals surface area contributed by atoms with E-state index in [9.17, 15) is 4.79 Å². The number of hydrogen-bond acceptors (Lipinski definition) is 3. The summed E-state index contributed by atoms with van der Waals surface area (Å²) in [5.41, 5.74) is -0.274. The molecule has 0 aliphatic carbocycles. The highest BCUT2D eigenvalue weighted by Crippen LogP contribution is 2.13. The lowest BCUT2D eigenvalue weighted by Crippen LogP contribution is -2.47. The Morgan fingerprint density at radius 3 is 2.50 bits per heavy atom. The Morgan fingerprint density at radius 1 is 1.44 bits per heavy atom. The molecule has 0 bridgehead atoms. The lowest BCUT2D eigenvalue weighted by Gasteiger charge is -2.29. The second-order valence-corrected chi connectivity index (χ2v) is 4.79. The molecule has 1 unspecified atom stereocenters. The first kappa shape index (κ1) is 15.4. The first-order valence-corrected chi connectivity index (χ1v) is 6.09. The molecule has 4 heteroatoms. The van der Waals surface area contributed by atoms with E-state index >= 15 is 0 Å². The molecule has 0 heterocycles. The molecule has 0 radical (unpaired) electrons. The molecule has 16 heavy (non-hydrogen) atoms. The molecule has 0 aromatic rings. The van der Waals surface area contributed by atoms with Gasteiger partial charge in [0.15, 0.2) is 0 Å². The SMILES string of the molecule is CCC(C)(CCO)NC(=O)CCNC(C)C. The average Bonchev–Trinajstić information content (AvgIpc) is 2.17. The van der Waals surface area contributed by atoms with E-state index in [0.29, 0.717) is 25.4 Å². The summed E-state index contributed by atoms with van der Waals surface area (Å²) in [4.78, 5) is 11.6. The molecular weight excluding hydrogens is 204 g/mol. The third-order valence-corrected chi connectivity index (χ3v) is 2.79. The summed E-state index contributed by atoms with van der Waals surface area (Å²) in [5.74, 6) is 0.0472. The highest BCUT2D eigenvalue weighted by Gasteiger charge is 2.23. The largest absolute Gasteiger partial charge is 0.396 e. The second-order valence-electron chi connectivity index (χ2n) is 4.79. The summed E-state index contributed by atoms with van der Waals surface area (Å²) in [6.07, 6.45) is 1.92. The van der Waals surface area contributed by atoms with Crippen molar-refractivity contribution in [3.63, 3.8) is 0 Å². The van der Waals surface area contributed by atoms with Crippen LogP contribution in [-0.4, -0.2) is 35.7 Å². The smallest absolute Gasteiger partial charge is 0.221 e. The minimum Gasteiger partial charge on any atom is -0.396 e. The first-order valence-electron chi connectivity index (χ1n) is 6.09. The van der Waals surface area contributed by atoms with Crippen molar-refractivity contribution in [1.29, 1.82) is 0 Å². The van der Waals surface area contributed by atoms with Crippen LogP contribution < -0.4 is 10.6 Å². The minimum atomic E-state index is -0.274. The molecule has 0 aliphatic heterocycles. The molecule has 0 saturated heterocycles. The van der Waals surface area contributed by atoms with Crippen LogP contribution in [-0.2, 0) is 4.79 Å². The Morgan fingerprint density at radius 2 is 2.06 bits per heavy atom. The Kier molecular flexibility index (Phi) is 7.34. The zero-order valence-corrected chi connectivity index (χ0v) is 11.0. The fraction of sp³-hybridized carbons (Fsp3) is 0.917. The zero-order chi connectivity index (χ0) is 12.6. The third kappa shape index (κ3) is 6.80. The molecule has 96 valence electrons. The fourth-order valence-corrected chi connectivity index (χ4v) is 1.45. The van der Waals surface area contributed by atoms with Gasteiger partial charge in [-0.25, -0.2) is 0 Å².